The molecule has 2 unspecified atom stereocenters. The minimum atomic E-state index is -4.93. The van der Waals surface area contributed by atoms with Gasteiger partial charge in [-0.15, -0.1) is 10.2 Å². The molecule has 4 rings (SSSR count). The molecule has 0 bridgehead atoms. The standard InChI is InChI=1S/C16H13F3N8O5S3/c17-16(18,19)9-6(23-13(20)34-9)7(26-32)10(28)22-5-3-1-2-4(33-15-25-24-14(21)35-15)8(12(30)31)27(3)11(5)29/h3,5,32H,1-2H2,(H2,20,23)(H2,21,24)(H,22,28)(H,30,31)/b26-7-. The second-order valence-electron chi connectivity index (χ2n) is 7.03. The molecular formula is C16H13F3N8O5S3. The van der Waals surface area contributed by atoms with Gasteiger partial charge in [0.1, 0.15) is 22.3 Å². The number of thioether (sulfide) groups is 1. The Hall–Kier alpha value is -3.45. The SMILES string of the molecule is Nc1nnc(SC2=C(C(=O)O)N3C(=O)C(NC(=O)/C(=N\O)c4nc(N)sc4C(F)(F)F)C3CC2)s1. The van der Waals surface area contributed by atoms with Crippen molar-refractivity contribution in [2.24, 2.45) is 5.16 Å². The maximum atomic E-state index is 13.3. The molecule has 0 aromatic carbocycles. The molecule has 186 valence electrons. The van der Waals surface area contributed by atoms with Crippen molar-refractivity contribution >= 4 is 68.2 Å². The molecule has 13 nitrogen and oxygen atoms in total. The summed E-state index contributed by atoms with van der Waals surface area (Å²) in [6.07, 6.45) is -4.50. The fraction of sp³-hybridized carbons (Fsp3) is 0.312. The molecule has 2 aliphatic rings. The fourth-order valence-electron chi connectivity index (χ4n) is 3.59. The smallest absolute Gasteiger partial charge is 0.427 e. The number of halogens is 3. The molecule has 4 heterocycles. The maximum Gasteiger partial charge on any atom is 0.427 e. The largest absolute Gasteiger partial charge is 0.477 e. The number of rotatable bonds is 6. The van der Waals surface area contributed by atoms with E-state index in [2.05, 4.69) is 25.7 Å². The van der Waals surface area contributed by atoms with Crippen molar-refractivity contribution < 1.29 is 37.9 Å². The number of nitrogens with zero attached hydrogens (tertiary/aromatic N) is 5. The van der Waals surface area contributed by atoms with Crippen molar-refractivity contribution in [3.05, 3.63) is 21.2 Å². The molecule has 2 aromatic heterocycles. The molecule has 35 heavy (non-hydrogen) atoms. The van der Waals surface area contributed by atoms with Crippen LogP contribution in [-0.2, 0) is 20.6 Å². The van der Waals surface area contributed by atoms with E-state index in [-0.39, 0.29) is 35.0 Å². The van der Waals surface area contributed by atoms with Crippen LogP contribution in [0.3, 0.4) is 0 Å². The highest BCUT2D eigenvalue weighted by Crippen LogP contribution is 2.44. The lowest BCUT2D eigenvalue weighted by molar-refractivity contribution is -0.155. The van der Waals surface area contributed by atoms with Gasteiger partial charge in [0.25, 0.3) is 11.8 Å². The van der Waals surface area contributed by atoms with Gasteiger partial charge in [0.15, 0.2) is 15.2 Å². The van der Waals surface area contributed by atoms with E-state index in [1.54, 1.807) is 0 Å². The predicted octanol–water partition coefficient (Wildman–Crippen LogP) is 0.934. The Labute approximate surface area is 204 Å². The van der Waals surface area contributed by atoms with Gasteiger partial charge in [-0.05, 0) is 12.8 Å². The number of carbonyl (C=O) groups is 3. The van der Waals surface area contributed by atoms with E-state index in [0.717, 1.165) is 28.0 Å². The van der Waals surface area contributed by atoms with Gasteiger partial charge in [0, 0.05) is 4.91 Å². The number of amides is 2. The Balaban J connectivity index is 1.55. The molecule has 0 radical (unpaired) electrons. The number of aliphatic carboxylic acids is 1. The number of oxime groups is 1. The van der Waals surface area contributed by atoms with Gasteiger partial charge in [0.05, 0.1) is 6.04 Å². The maximum absolute atomic E-state index is 13.3. The number of nitrogens with two attached hydrogens (primary N) is 2. The second kappa shape index (κ2) is 8.96. The fourth-order valence-corrected chi connectivity index (χ4v) is 6.16. The van der Waals surface area contributed by atoms with E-state index in [1.807, 2.05) is 0 Å². The van der Waals surface area contributed by atoms with Crippen molar-refractivity contribution in [1.29, 1.82) is 0 Å². The number of carboxylic acids is 1. The van der Waals surface area contributed by atoms with Crippen molar-refractivity contribution in [1.82, 2.24) is 25.4 Å². The summed E-state index contributed by atoms with van der Waals surface area (Å²) in [5, 5.41) is 30.9. The van der Waals surface area contributed by atoms with Crippen LogP contribution in [0.25, 0.3) is 0 Å². The number of anilines is 2. The number of hydrogen-bond donors (Lipinski definition) is 5. The topological polar surface area (TPSA) is 210 Å². The molecule has 2 aliphatic heterocycles. The number of alkyl halides is 3. The highest BCUT2D eigenvalue weighted by Gasteiger charge is 2.54. The third-order valence-electron chi connectivity index (χ3n) is 4.95. The summed E-state index contributed by atoms with van der Waals surface area (Å²) in [6.45, 7) is 0. The third kappa shape index (κ3) is 4.48. The number of hydrogen-bond acceptors (Lipinski definition) is 13. The number of allylic oxidation sites excluding steroid dienone is 1. The summed E-state index contributed by atoms with van der Waals surface area (Å²) in [7, 11) is 0. The molecule has 0 aliphatic carbocycles. The van der Waals surface area contributed by atoms with E-state index in [1.165, 1.54) is 0 Å². The minimum Gasteiger partial charge on any atom is -0.477 e. The van der Waals surface area contributed by atoms with Crippen molar-refractivity contribution in [3.8, 4) is 0 Å². The first-order chi connectivity index (χ1) is 16.4. The van der Waals surface area contributed by atoms with Crippen LogP contribution in [-0.4, -0.2) is 66.0 Å². The Morgan fingerprint density at radius 1 is 1.23 bits per heavy atom. The van der Waals surface area contributed by atoms with Crippen LogP contribution in [0.2, 0.25) is 0 Å². The molecular weight excluding hydrogens is 537 g/mol. The van der Waals surface area contributed by atoms with Crippen LogP contribution >= 0.6 is 34.4 Å². The van der Waals surface area contributed by atoms with E-state index in [4.69, 9.17) is 11.5 Å². The normalized spacial score (nSPS) is 20.5. The van der Waals surface area contributed by atoms with Gasteiger partial charge >= 0.3 is 12.1 Å². The molecule has 19 heteroatoms. The summed E-state index contributed by atoms with van der Waals surface area (Å²) in [6, 6.07) is -2.05. The third-order valence-corrected chi connectivity index (χ3v) is 7.83. The first kappa shape index (κ1) is 24.7. The average molecular weight is 551 g/mol. The van der Waals surface area contributed by atoms with Gasteiger partial charge in [-0.1, -0.05) is 39.6 Å². The minimum absolute atomic E-state index is 0.0500. The van der Waals surface area contributed by atoms with E-state index in [0.29, 0.717) is 9.24 Å². The number of fused-ring (bicyclic) bond motifs is 1. The zero-order chi connectivity index (χ0) is 25.7. The summed E-state index contributed by atoms with van der Waals surface area (Å²) < 4.78 is 40.2. The van der Waals surface area contributed by atoms with Crippen molar-refractivity contribution in [2.75, 3.05) is 11.5 Å². The Morgan fingerprint density at radius 2 is 1.94 bits per heavy atom. The van der Waals surface area contributed by atoms with E-state index in [9.17, 15) is 37.9 Å². The lowest BCUT2D eigenvalue weighted by Crippen LogP contribution is -2.72. The highest BCUT2D eigenvalue weighted by atomic mass is 32.2. The van der Waals surface area contributed by atoms with Gasteiger partial charge in [-0.2, -0.15) is 13.2 Å². The quantitative estimate of drug-likeness (QED) is 0.148. The molecule has 1 saturated heterocycles. The predicted molar refractivity (Wildman–Crippen MR) is 116 cm³/mol. The molecule has 0 saturated carbocycles. The molecule has 2 atom stereocenters. The molecule has 2 amide bonds. The zero-order valence-corrected chi connectivity index (χ0v) is 19.4. The van der Waals surface area contributed by atoms with Crippen LogP contribution in [0, 0.1) is 0 Å². The summed E-state index contributed by atoms with van der Waals surface area (Å²) in [5.41, 5.74) is 8.47. The number of β-lactam (4-membered cyclic amide) rings is 1. The number of nitrogens with one attached hydrogen (secondary N) is 1. The van der Waals surface area contributed by atoms with Gasteiger partial charge in [0.2, 0.25) is 5.13 Å². The number of aromatic nitrogens is 3. The van der Waals surface area contributed by atoms with Gasteiger partial charge in [-0.25, -0.2) is 9.78 Å². The van der Waals surface area contributed by atoms with E-state index >= 15 is 0 Å². The summed E-state index contributed by atoms with van der Waals surface area (Å²) in [5.74, 6) is -3.51. The summed E-state index contributed by atoms with van der Waals surface area (Å²) in [4.78, 5) is 40.7. The van der Waals surface area contributed by atoms with Crippen LogP contribution < -0.4 is 16.8 Å². The zero-order valence-electron chi connectivity index (χ0n) is 16.9. The van der Waals surface area contributed by atoms with Crippen LogP contribution in [0.15, 0.2) is 20.1 Å². The molecule has 2 aromatic rings. The molecule has 0 spiro atoms. The Kier molecular flexibility index (Phi) is 6.32. The van der Waals surface area contributed by atoms with Gasteiger partial charge < -0.3 is 27.1 Å². The first-order valence-electron chi connectivity index (χ1n) is 9.35. The average Bonchev–Trinajstić information content (AvgIpc) is 3.37. The summed E-state index contributed by atoms with van der Waals surface area (Å²) >= 11 is 2.08. The number of nitrogen functional groups attached to an aromatic ring is 2. The van der Waals surface area contributed by atoms with Gasteiger partial charge in [-0.3, -0.25) is 14.5 Å². The van der Waals surface area contributed by atoms with Crippen LogP contribution in [0.5, 0.6) is 0 Å². The number of thiazole rings is 1. The first-order valence-corrected chi connectivity index (χ1v) is 11.8. The highest BCUT2D eigenvalue weighted by molar-refractivity contribution is 8.04. The van der Waals surface area contributed by atoms with Crippen molar-refractivity contribution in [2.45, 2.75) is 35.4 Å². The number of carbonyl (C=O) groups excluding carboxylic acids is 2. The van der Waals surface area contributed by atoms with E-state index < -0.39 is 57.5 Å². The van der Waals surface area contributed by atoms with Crippen molar-refractivity contribution in [3.63, 3.8) is 0 Å². The van der Waals surface area contributed by atoms with Crippen LogP contribution in [0.1, 0.15) is 23.4 Å². The Bertz CT molecular complexity index is 1290. The lowest BCUT2D eigenvalue weighted by atomic mass is 9.86. The molecule has 7 N–H and O–H groups in total. The second-order valence-corrected chi connectivity index (χ2v) is 10.4. The lowest BCUT2D eigenvalue weighted by Gasteiger charge is -2.49. The molecule has 1 fully saturated rings. The number of carboxylic acid groups (broad SMARTS) is 1. The Morgan fingerprint density at radius 3 is 2.51 bits per heavy atom. The monoisotopic (exact) mass is 550 g/mol. The van der Waals surface area contributed by atoms with Crippen LogP contribution in [0.4, 0.5) is 23.4 Å².